The van der Waals surface area contributed by atoms with Gasteiger partial charge in [0.2, 0.25) is 0 Å². The topological polar surface area (TPSA) is 38.0 Å². The molecule has 2 heteroatoms. The lowest BCUT2D eigenvalue weighted by Crippen LogP contribution is -2.59. The zero-order chi connectivity index (χ0) is 6.48. The molecule has 2 nitrogen and oxygen atoms in total. The van der Waals surface area contributed by atoms with Crippen LogP contribution in [0.15, 0.2) is 0 Å². The van der Waals surface area contributed by atoms with E-state index in [9.17, 15) is 0 Å². The second-order valence-electron chi connectivity index (χ2n) is 3.65. The van der Waals surface area contributed by atoms with Gasteiger partial charge in [-0.1, -0.05) is 6.92 Å². The molecule has 0 radical (unpaired) electrons. The second kappa shape index (κ2) is 1.50. The van der Waals surface area contributed by atoms with Gasteiger partial charge >= 0.3 is 0 Å². The van der Waals surface area contributed by atoms with Crippen LogP contribution in [0.2, 0.25) is 0 Å². The zero-order valence-electron chi connectivity index (χ0n) is 5.85. The van der Waals surface area contributed by atoms with Gasteiger partial charge in [0, 0.05) is 18.6 Å². The van der Waals surface area contributed by atoms with Gasteiger partial charge in [-0.05, 0) is 18.3 Å². The summed E-state index contributed by atoms with van der Waals surface area (Å²) in [4.78, 5) is 0. The molecule has 1 aliphatic carbocycles. The summed E-state index contributed by atoms with van der Waals surface area (Å²) in [6.45, 7) is 4.49. The Morgan fingerprint density at radius 2 is 2.44 bits per heavy atom. The van der Waals surface area contributed by atoms with Crippen molar-refractivity contribution in [2.45, 2.75) is 18.9 Å². The summed E-state index contributed by atoms with van der Waals surface area (Å²) in [7, 11) is 0. The molecule has 9 heavy (non-hydrogen) atoms. The van der Waals surface area contributed by atoms with E-state index in [2.05, 4.69) is 12.2 Å². The minimum Gasteiger partial charge on any atom is -0.324 e. The van der Waals surface area contributed by atoms with Crippen LogP contribution in [0.4, 0.5) is 0 Å². The fourth-order valence-corrected chi connectivity index (χ4v) is 2.37. The molecule has 1 aliphatic heterocycles. The van der Waals surface area contributed by atoms with Gasteiger partial charge in [0.15, 0.2) is 0 Å². The summed E-state index contributed by atoms with van der Waals surface area (Å²) in [5.74, 6) is 1.64. The smallest absolute Gasteiger partial charge is 0.0326 e. The van der Waals surface area contributed by atoms with Crippen LogP contribution in [0, 0.1) is 11.8 Å². The second-order valence-corrected chi connectivity index (χ2v) is 3.65. The van der Waals surface area contributed by atoms with Crippen molar-refractivity contribution in [3.8, 4) is 0 Å². The zero-order valence-corrected chi connectivity index (χ0v) is 5.85. The fraction of sp³-hybridized carbons (Fsp3) is 1.00. The Hall–Kier alpha value is -0.0800. The molecule has 0 aromatic carbocycles. The SMILES string of the molecule is C[C@@H]1C[C@@]2(N)CNC[C@@H]12. The van der Waals surface area contributed by atoms with Crippen LogP contribution in [0.3, 0.4) is 0 Å². The minimum absolute atomic E-state index is 0.194. The van der Waals surface area contributed by atoms with Crippen molar-refractivity contribution in [2.24, 2.45) is 17.6 Å². The van der Waals surface area contributed by atoms with Crippen LogP contribution in [0.25, 0.3) is 0 Å². The van der Waals surface area contributed by atoms with Crippen LogP contribution in [-0.2, 0) is 0 Å². The average Bonchev–Trinajstić information content (AvgIpc) is 2.06. The van der Waals surface area contributed by atoms with E-state index < -0.39 is 0 Å². The summed E-state index contributed by atoms with van der Waals surface area (Å²) in [6.07, 6.45) is 1.23. The normalized spacial score (nSPS) is 56.7. The van der Waals surface area contributed by atoms with E-state index in [1.807, 2.05) is 0 Å². The van der Waals surface area contributed by atoms with Crippen LogP contribution < -0.4 is 11.1 Å². The molecule has 52 valence electrons. The lowest BCUT2D eigenvalue weighted by molar-refractivity contribution is 0.100. The maximum Gasteiger partial charge on any atom is 0.0326 e. The van der Waals surface area contributed by atoms with Crippen molar-refractivity contribution >= 4 is 0 Å². The van der Waals surface area contributed by atoms with E-state index >= 15 is 0 Å². The van der Waals surface area contributed by atoms with Gasteiger partial charge in [-0.2, -0.15) is 0 Å². The molecular weight excluding hydrogens is 112 g/mol. The van der Waals surface area contributed by atoms with E-state index in [0.717, 1.165) is 24.9 Å². The third-order valence-corrected chi connectivity index (χ3v) is 2.95. The van der Waals surface area contributed by atoms with Crippen molar-refractivity contribution in [3.05, 3.63) is 0 Å². The van der Waals surface area contributed by atoms with Crippen molar-refractivity contribution in [1.29, 1.82) is 0 Å². The molecule has 2 fully saturated rings. The van der Waals surface area contributed by atoms with Gasteiger partial charge in [0.25, 0.3) is 0 Å². The summed E-state index contributed by atoms with van der Waals surface area (Å²) < 4.78 is 0. The van der Waals surface area contributed by atoms with E-state index in [1.54, 1.807) is 0 Å². The predicted molar refractivity (Wildman–Crippen MR) is 37.1 cm³/mol. The molecule has 0 amide bonds. The molecule has 0 unspecified atom stereocenters. The summed E-state index contributed by atoms with van der Waals surface area (Å²) >= 11 is 0. The van der Waals surface area contributed by atoms with E-state index in [1.165, 1.54) is 6.42 Å². The Labute approximate surface area is 55.8 Å². The Bertz CT molecular complexity index is 135. The third-order valence-electron chi connectivity index (χ3n) is 2.95. The number of nitrogens with two attached hydrogens (primary N) is 1. The molecule has 0 bridgehead atoms. The van der Waals surface area contributed by atoms with Crippen molar-refractivity contribution in [1.82, 2.24) is 5.32 Å². The van der Waals surface area contributed by atoms with Crippen LogP contribution in [0.5, 0.6) is 0 Å². The van der Waals surface area contributed by atoms with E-state index in [0.29, 0.717) is 0 Å². The Kier molecular flexibility index (Phi) is 0.945. The van der Waals surface area contributed by atoms with Gasteiger partial charge in [-0.15, -0.1) is 0 Å². The molecule has 1 saturated carbocycles. The first-order valence-electron chi connectivity index (χ1n) is 3.72. The first-order valence-corrected chi connectivity index (χ1v) is 3.72. The fourth-order valence-electron chi connectivity index (χ4n) is 2.37. The lowest BCUT2D eigenvalue weighted by Gasteiger charge is -2.46. The summed E-state index contributed by atoms with van der Waals surface area (Å²) in [6, 6.07) is 0. The van der Waals surface area contributed by atoms with Gasteiger partial charge in [0.1, 0.15) is 0 Å². The molecule has 2 aliphatic rings. The lowest BCUT2D eigenvalue weighted by atomic mass is 9.62. The highest BCUT2D eigenvalue weighted by Gasteiger charge is 2.51. The highest BCUT2D eigenvalue weighted by Crippen LogP contribution is 2.43. The molecule has 1 heterocycles. The maximum absolute atomic E-state index is 6.04. The standard InChI is InChI=1S/C7H14N2/c1-5-2-7(8)4-9-3-6(5)7/h5-6,9H,2-4,8H2,1H3/t5-,6+,7-/m1/s1. The molecule has 0 spiro atoms. The first-order chi connectivity index (χ1) is 4.22. The maximum atomic E-state index is 6.04. The predicted octanol–water partition coefficient (Wildman–Crippen LogP) is -0.0569. The van der Waals surface area contributed by atoms with Crippen LogP contribution in [-0.4, -0.2) is 18.6 Å². The first kappa shape index (κ1) is 5.69. The van der Waals surface area contributed by atoms with E-state index in [4.69, 9.17) is 5.73 Å². The van der Waals surface area contributed by atoms with Gasteiger partial charge in [-0.25, -0.2) is 0 Å². The average molecular weight is 126 g/mol. The number of hydrogen-bond donors (Lipinski definition) is 2. The van der Waals surface area contributed by atoms with E-state index in [-0.39, 0.29) is 5.54 Å². The molecule has 3 N–H and O–H groups in total. The molecule has 1 saturated heterocycles. The Balaban J connectivity index is 2.13. The molecule has 0 aromatic rings. The van der Waals surface area contributed by atoms with Gasteiger partial charge in [-0.3, -0.25) is 0 Å². The molecular formula is C7H14N2. The summed E-state index contributed by atoms with van der Waals surface area (Å²) in [5.41, 5.74) is 6.23. The molecule has 0 aromatic heterocycles. The van der Waals surface area contributed by atoms with Crippen LogP contribution in [0.1, 0.15) is 13.3 Å². The number of hydrogen-bond acceptors (Lipinski definition) is 2. The third kappa shape index (κ3) is 0.578. The molecule has 2 rings (SSSR count). The monoisotopic (exact) mass is 126 g/mol. The number of nitrogens with one attached hydrogen (secondary N) is 1. The van der Waals surface area contributed by atoms with Gasteiger partial charge < -0.3 is 11.1 Å². The van der Waals surface area contributed by atoms with Crippen molar-refractivity contribution < 1.29 is 0 Å². The highest BCUT2D eigenvalue weighted by molar-refractivity contribution is 5.10. The Morgan fingerprint density at radius 1 is 1.67 bits per heavy atom. The quantitative estimate of drug-likeness (QED) is 0.477. The van der Waals surface area contributed by atoms with Crippen LogP contribution >= 0.6 is 0 Å². The van der Waals surface area contributed by atoms with Gasteiger partial charge in [0.05, 0.1) is 0 Å². The summed E-state index contributed by atoms with van der Waals surface area (Å²) in [5, 5.41) is 3.33. The highest BCUT2D eigenvalue weighted by atomic mass is 15.0. The number of fused-ring (bicyclic) bond motifs is 1. The van der Waals surface area contributed by atoms with Crippen molar-refractivity contribution in [2.75, 3.05) is 13.1 Å². The Morgan fingerprint density at radius 3 is 2.89 bits per heavy atom. The van der Waals surface area contributed by atoms with Crippen molar-refractivity contribution in [3.63, 3.8) is 0 Å². The largest absolute Gasteiger partial charge is 0.324 e. The molecule has 3 atom stereocenters. The minimum atomic E-state index is 0.194. The number of rotatable bonds is 0.